The maximum absolute atomic E-state index is 12.4. The number of alkyl halides is 2. The van der Waals surface area contributed by atoms with Crippen LogP contribution in [0.25, 0.3) is 11.1 Å². The van der Waals surface area contributed by atoms with Crippen LogP contribution in [0.15, 0.2) is 30.6 Å². The number of ether oxygens (including phenoxy) is 1. The van der Waals surface area contributed by atoms with E-state index in [2.05, 4.69) is 5.10 Å². The van der Waals surface area contributed by atoms with Gasteiger partial charge in [0.15, 0.2) is 0 Å². The fourth-order valence-corrected chi connectivity index (χ4v) is 1.48. The number of hydrogen-bond donors (Lipinski definition) is 1. The number of benzene rings is 1. The fraction of sp³-hybridized carbons (Fsp3) is 0.182. The molecule has 2 aromatic rings. The Morgan fingerprint density at radius 3 is 2.71 bits per heavy atom. The molecule has 0 amide bonds. The van der Waals surface area contributed by atoms with Gasteiger partial charge in [0.05, 0.1) is 19.0 Å². The molecule has 0 radical (unpaired) electrons. The Hall–Kier alpha value is -2.11. The first kappa shape index (κ1) is 11.4. The van der Waals surface area contributed by atoms with E-state index in [-0.39, 0.29) is 0 Å². The van der Waals surface area contributed by atoms with E-state index in [1.807, 2.05) is 0 Å². The summed E-state index contributed by atoms with van der Waals surface area (Å²) < 4.78 is 30.4. The van der Waals surface area contributed by atoms with Gasteiger partial charge in [-0.15, -0.1) is 0 Å². The summed E-state index contributed by atoms with van der Waals surface area (Å²) >= 11 is 0. The number of rotatable bonds is 3. The molecule has 17 heavy (non-hydrogen) atoms. The van der Waals surface area contributed by atoms with Crippen LogP contribution in [-0.2, 0) is 0 Å². The molecule has 6 heteroatoms. The lowest BCUT2D eigenvalue weighted by molar-refractivity contribution is 0.0566. The molecule has 2 rings (SSSR count). The molecule has 0 aliphatic rings. The van der Waals surface area contributed by atoms with Crippen LogP contribution >= 0.6 is 0 Å². The summed E-state index contributed by atoms with van der Waals surface area (Å²) in [6.45, 7) is -2.64. The number of halogens is 2. The molecule has 1 aromatic heterocycles. The summed E-state index contributed by atoms with van der Waals surface area (Å²) in [5.74, 6) is 0.507. The first-order chi connectivity index (χ1) is 8.11. The molecule has 1 heterocycles. The molecular weight excluding hydrogens is 228 g/mol. The molecule has 2 N–H and O–H groups in total. The van der Waals surface area contributed by atoms with Gasteiger partial charge in [-0.2, -0.15) is 13.9 Å². The van der Waals surface area contributed by atoms with Crippen molar-refractivity contribution in [1.29, 1.82) is 0 Å². The van der Waals surface area contributed by atoms with Gasteiger partial charge in [0.1, 0.15) is 5.75 Å². The first-order valence-corrected chi connectivity index (χ1v) is 4.88. The SMILES string of the molecule is COc1cc(-c2cnn(C(F)F)c2)ccc1N. The van der Waals surface area contributed by atoms with Crippen LogP contribution < -0.4 is 10.5 Å². The van der Waals surface area contributed by atoms with Gasteiger partial charge in [0, 0.05) is 11.8 Å². The van der Waals surface area contributed by atoms with Crippen molar-refractivity contribution >= 4 is 5.69 Å². The van der Waals surface area contributed by atoms with Crippen molar-refractivity contribution in [3.8, 4) is 16.9 Å². The number of nitrogen functional groups attached to an aromatic ring is 1. The Labute approximate surface area is 96.6 Å². The van der Waals surface area contributed by atoms with E-state index < -0.39 is 6.55 Å². The summed E-state index contributed by atoms with van der Waals surface area (Å²) in [6.07, 6.45) is 2.65. The van der Waals surface area contributed by atoms with Gasteiger partial charge in [-0.05, 0) is 17.7 Å². The van der Waals surface area contributed by atoms with Gasteiger partial charge in [0.25, 0.3) is 0 Å². The number of methoxy groups -OCH3 is 1. The van der Waals surface area contributed by atoms with E-state index >= 15 is 0 Å². The normalized spacial score (nSPS) is 10.8. The predicted octanol–water partition coefficient (Wildman–Crippen LogP) is 2.54. The quantitative estimate of drug-likeness (QED) is 0.837. The molecular formula is C11H11F2N3O. The number of nitrogens with two attached hydrogens (primary N) is 1. The minimum absolute atomic E-state index is 0.498. The summed E-state index contributed by atoms with van der Waals surface area (Å²) in [5, 5.41) is 3.56. The van der Waals surface area contributed by atoms with E-state index in [0.29, 0.717) is 21.7 Å². The summed E-state index contributed by atoms with van der Waals surface area (Å²) in [4.78, 5) is 0. The highest BCUT2D eigenvalue weighted by Crippen LogP contribution is 2.29. The monoisotopic (exact) mass is 239 g/mol. The second-order valence-corrected chi connectivity index (χ2v) is 3.44. The lowest BCUT2D eigenvalue weighted by atomic mass is 10.1. The number of anilines is 1. The molecule has 1 aromatic carbocycles. The maximum Gasteiger partial charge on any atom is 0.333 e. The topological polar surface area (TPSA) is 53.1 Å². The highest BCUT2D eigenvalue weighted by atomic mass is 19.3. The standard InChI is InChI=1S/C11H11F2N3O/c1-17-10-4-7(2-3-9(10)14)8-5-15-16(6-8)11(12)13/h2-6,11H,14H2,1H3. The van der Waals surface area contributed by atoms with Crippen LogP contribution in [0.3, 0.4) is 0 Å². The Morgan fingerprint density at radius 1 is 1.35 bits per heavy atom. The molecule has 0 unspecified atom stereocenters. The lowest BCUT2D eigenvalue weighted by Crippen LogP contribution is -1.96. The van der Waals surface area contributed by atoms with E-state index in [1.165, 1.54) is 19.5 Å². The van der Waals surface area contributed by atoms with Gasteiger partial charge >= 0.3 is 6.55 Å². The second kappa shape index (κ2) is 4.40. The fourth-order valence-electron chi connectivity index (χ4n) is 1.48. The van der Waals surface area contributed by atoms with Gasteiger partial charge in [-0.1, -0.05) is 6.07 Å². The van der Waals surface area contributed by atoms with E-state index in [4.69, 9.17) is 10.5 Å². The zero-order valence-corrected chi connectivity index (χ0v) is 9.10. The molecule has 0 saturated carbocycles. The van der Waals surface area contributed by atoms with Crippen LogP contribution in [0.1, 0.15) is 6.55 Å². The molecule has 0 aliphatic heterocycles. The van der Waals surface area contributed by atoms with Crippen molar-refractivity contribution in [1.82, 2.24) is 9.78 Å². The Balaban J connectivity index is 2.38. The number of aromatic nitrogens is 2. The Bertz CT molecular complexity index is 525. The van der Waals surface area contributed by atoms with Crippen molar-refractivity contribution in [2.45, 2.75) is 6.55 Å². The van der Waals surface area contributed by atoms with Gasteiger partial charge in [-0.3, -0.25) is 0 Å². The third-order valence-corrected chi connectivity index (χ3v) is 2.37. The van der Waals surface area contributed by atoms with Crippen molar-refractivity contribution in [3.63, 3.8) is 0 Å². The maximum atomic E-state index is 12.4. The number of nitrogens with zero attached hydrogens (tertiary/aromatic N) is 2. The van der Waals surface area contributed by atoms with Crippen molar-refractivity contribution in [2.24, 2.45) is 0 Å². The highest BCUT2D eigenvalue weighted by Gasteiger charge is 2.09. The largest absolute Gasteiger partial charge is 0.495 e. The van der Waals surface area contributed by atoms with Crippen LogP contribution in [0, 0.1) is 0 Å². The van der Waals surface area contributed by atoms with E-state index in [9.17, 15) is 8.78 Å². The second-order valence-electron chi connectivity index (χ2n) is 3.44. The average molecular weight is 239 g/mol. The predicted molar refractivity (Wildman–Crippen MR) is 59.9 cm³/mol. The smallest absolute Gasteiger partial charge is 0.333 e. The van der Waals surface area contributed by atoms with Crippen molar-refractivity contribution in [2.75, 3.05) is 12.8 Å². The van der Waals surface area contributed by atoms with E-state index in [1.54, 1.807) is 18.2 Å². The molecule has 0 fully saturated rings. The zero-order chi connectivity index (χ0) is 12.4. The van der Waals surface area contributed by atoms with E-state index in [0.717, 1.165) is 5.56 Å². The lowest BCUT2D eigenvalue weighted by Gasteiger charge is -2.05. The molecule has 0 atom stereocenters. The van der Waals surface area contributed by atoms with Gasteiger partial charge in [-0.25, -0.2) is 4.68 Å². The summed E-state index contributed by atoms with van der Waals surface area (Å²) in [6, 6.07) is 5.07. The highest BCUT2D eigenvalue weighted by molar-refractivity contribution is 5.68. The molecule has 0 bridgehead atoms. The third kappa shape index (κ3) is 2.20. The van der Waals surface area contributed by atoms with Crippen LogP contribution in [0.5, 0.6) is 5.75 Å². The molecule has 90 valence electrons. The molecule has 0 spiro atoms. The summed E-state index contributed by atoms with van der Waals surface area (Å²) in [5.41, 5.74) is 7.47. The first-order valence-electron chi connectivity index (χ1n) is 4.88. The van der Waals surface area contributed by atoms with Crippen LogP contribution in [0.2, 0.25) is 0 Å². The van der Waals surface area contributed by atoms with Crippen LogP contribution in [0.4, 0.5) is 14.5 Å². The van der Waals surface area contributed by atoms with Gasteiger partial charge < -0.3 is 10.5 Å². The third-order valence-electron chi connectivity index (χ3n) is 2.37. The molecule has 0 saturated heterocycles. The molecule has 4 nitrogen and oxygen atoms in total. The Morgan fingerprint density at radius 2 is 2.12 bits per heavy atom. The minimum Gasteiger partial charge on any atom is -0.495 e. The number of hydrogen-bond acceptors (Lipinski definition) is 3. The van der Waals surface area contributed by atoms with Gasteiger partial charge in [0.2, 0.25) is 0 Å². The average Bonchev–Trinajstić information content (AvgIpc) is 2.79. The van der Waals surface area contributed by atoms with Crippen LogP contribution in [-0.4, -0.2) is 16.9 Å². The summed E-state index contributed by atoms with van der Waals surface area (Å²) in [7, 11) is 1.50. The minimum atomic E-state index is -2.64. The van der Waals surface area contributed by atoms with Crippen molar-refractivity contribution < 1.29 is 13.5 Å². The molecule has 0 aliphatic carbocycles. The zero-order valence-electron chi connectivity index (χ0n) is 9.10. The van der Waals surface area contributed by atoms with Crippen molar-refractivity contribution in [3.05, 3.63) is 30.6 Å². The Kier molecular flexibility index (Phi) is 2.95.